The van der Waals surface area contributed by atoms with Crippen LogP contribution in [0.2, 0.25) is 0 Å². The minimum atomic E-state index is -0.879. The molecule has 1 atom stereocenters. The van der Waals surface area contributed by atoms with E-state index in [0.717, 1.165) is 18.4 Å². The number of hydrogen-bond donors (Lipinski definition) is 1. The van der Waals surface area contributed by atoms with Crippen molar-refractivity contribution >= 4 is 18.0 Å². The molecule has 1 aromatic carbocycles. The topological polar surface area (TPSA) is 81.4 Å². The van der Waals surface area contributed by atoms with E-state index in [9.17, 15) is 9.59 Å². The molecular formula is C16H16N2O3. The fourth-order valence-electron chi connectivity index (χ4n) is 2.47. The maximum Gasteiger partial charge on any atom is 0.305 e. The summed E-state index contributed by atoms with van der Waals surface area (Å²) < 4.78 is 0. The summed E-state index contributed by atoms with van der Waals surface area (Å²) >= 11 is 0. The molecule has 1 heterocycles. The normalized spacial score (nSPS) is 17.9. The summed E-state index contributed by atoms with van der Waals surface area (Å²) in [6.07, 6.45) is 4.72. The van der Waals surface area contributed by atoms with Crippen LogP contribution in [0, 0.1) is 11.3 Å². The van der Waals surface area contributed by atoms with E-state index in [4.69, 9.17) is 10.4 Å². The highest BCUT2D eigenvalue weighted by atomic mass is 16.4. The summed E-state index contributed by atoms with van der Waals surface area (Å²) in [6.45, 7) is 0.606. The number of nitriles is 1. The Labute approximate surface area is 123 Å². The van der Waals surface area contributed by atoms with Gasteiger partial charge in [0.25, 0.3) is 0 Å². The molecule has 0 spiro atoms. The maximum atomic E-state index is 12.1. The first-order valence-electron chi connectivity index (χ1n) is 6.81. The van der Waals surface area contributed by atoms with E-state index in [1.165, 1.54) is 6.08 Å². The van der Waals surface area contributed by atoms with Crippen molar-refractivity contribution in [1.29, 1.82) is 5.26 Å². The molecule has 21 heavy (non-hydrogen) atoms. The Kier molecular flexibility index (Phi) is 4.72. The van der Waals surface area contributed by atoms with Crippen molar-refractivity contribution < 1.29 is 14.7 Å². The van der Waals surface area contributed by atoms with Gasteiger partial charge in [-0.1, -0.05) is 12.1 Å². The number of nitrogens with zero attached hydrogens (tertiary/aromatic N) is 2. The molecule has 1 aliphatic rings. The second kappa shape index (κ2) is 6.71. The van der Waals surface area contributed by atoms with E-state index in [-0.39, 0.29) is 18.4 Å². The molecule has 1 aliphatic heterocycles. The molecular weight excluding hydrogens is 268 g/mol. The summed E-state index contributed by atoms with van der Waals surface area (Å²) in [6, 6.07) is 8.73. The fraction of sp³-hybridized carbons (Fsp3) is 0.312. The lowest BCUT2D eigenvalue weighted by Gasteiger charge is -2.21. The van der Waals surface area contributed by atoms with Gasteiger partial charge < -0.3 is 10.0 Å². The molecule has 0 bridgehead atoms. The van der Waals surface area contributed by atoms with Crippen molar-refractivity contribution in [3.8, 4) is 6.07 Å². The van der Waals surface area contributed by atoms with Gasteiger partial charge in [-0.15, -0.1) is 0 Å². The molecule has 1 N–H and O–H groups in total. The number of carbonyl (C=O) groups excluding carboxylic acids is 1. The van der Waals surface area contributed by atoms with Gasteiger partial charge in [0.15, 0.2) is 0 Å². The van der Waals surface area contributed by atoms with E-state index >= 15 is 0 Å². The van der Waals surface area contributed by atoms with Crippen LogP contribution < -0.4 is 0 Å². The summed E-state index contributed by atoms with van der Waals surface area (Å²) in [5, 5.41) is 17.6. The van der Waals surface area contributed by atoms with Crippen LogP contribution in [0.3, 0.4) is 0 Å². The predicted molar refractivity (Wildman–Crippen MR) is 77.2 cm³/mol. The Morgan fingerprint density at radius 1 is 1.38 bits per heavy atom. The van der Waals surface area contributed by atoms with Crippen LogP contribution in [0.1, 0.15) is 30.4 Å². The summed E-state index contributed by atoms with van der Waals surface area (Å²) in [5.74, 6) is -1.04. The average molecular weight is 284 g/mol. The van der Waals surface area contributed by atoms with Gasteiger partial charge in [-0.2, -0.15) is 5.26 Å². The lowest BCUT2D eigenvalue weighted by atomic mass is 10.1. The maximum absolute atomic E-state index is 12.1. The van der Waals surface area contributed by atoms with Crippen LogP contribution in [0.25, 0.3) is 6.08 Å². The molecule has 5 heteroatoms. The zero-order chi connectivity index (χ0) is 15.2. The van der Waals surface area contributed by atoms with Crippen molar-refractivity contribution in [1.82, 2.24) is 4.90 Å². The van der Waals surface area contributed by atoms with Crippen molar-refractivity contribution in [3.63, 3.8) is 0 Å². The van der Waals surface area contributed by atoms with Crippen LogP contribution in [0.15, 0.2) is 30.3 Å². The molecule has 0 radical (unpaired) electrons. The lowest BCUT2D eigenvalue weighted by Crippen LogP contribution is -2.35. The van der Waals surface area contributed by atoms with Crippen LogP contribution >= 0.6 is 0 Å². The molecule has 0 aromatic heterocycles. The number of benzene rings is 1. The second-order valence-electron chi connectivity index (χ2n) is 4.99. The molecule has 108 valence electrons. The van der Waals surface area contributed by atoms with E-state index in [2.05, 4.69) is 0 Å². The quantitative estimate of drug-likeness (QED) is 0.858. The molecule has 1 unspecified atom stereocenters. The Balaban J connectivity index is 2.01. The first-order valence-corrected chi connectivity index (χ1v) is 6.81. The average Bonchev–Trinajstić information content (AvgIpc) is 2.92. The molecule has 2 rings (SSSR count). The van der Waals surface area contributed by atoms with Gasteiger partial charge in [0.2, 0.25) is 5.91 Å². The zero-order valence-electron chi connectivity index (χ0n) is 11.5. The Morgan fingerprint density at radius 3 is 2.71 bits per heavy atom. The minimum absolute atomic E-state index is 0.00353. The number of carboxylic acid groups (broad SMARTS) is 1. The first-order chi connectivity index (χ1) is 10.1. The standard InChI is InChI=1S/C16H16N2O3/c17-11-13-5-3-12(4-6-13)7-8-15(19)18-9-1-2-14(18)10-16(20)21/h3-8,14H,1-2,9-10H2,(H,20,21). The van der Waals surface area contributed by atoms with Gasteiger partial charge in [-0.05, 0) is 36.6 Å². The Hall–Kier alpha value is -2.61. The smallest absolute Gasteiger partial charge is 0.305 e. The van der Waals surface area contributed by atoms with Crippen LogP contribution in [-0.2, 0) is 9.59 Å². The number of hydrogen-bond acceptors (Lipinski definition) is 3. The predicted octanol–water partition coefficient (Wildman–Crippen LogP) is 2.04. The number of carbonyl (C=O) groups is 2. The van der Waals surface area contributed by atoms with E-state index < -0.39 is 5.97 Å². The van der Waals surface area contributed by atoms with Crippen molar-refractivity contribution in [3.05, 3.63) is 41.5 Å². The zero-order valence-corrected chi connectivity index (χ0v) is 11.5. The Morgan fingerprint density at radius 2 is 2.10 bits per heavy atom. The molecule has 1 fully saturated rings. The van der Waals surface area contributed by atoms with E-state index in [0.29, 0.717) is 12.1 Å². The van der Waals surface area contributed by atoms with Crippen LogP contribution in [0.5, 0.6) is 0 Å². The molecule has 5 nitrogen and oxygen atoms in total. The van der Waals surface area contributed by atoms with Crippen molar-refractivity contribution in [2.45, 2.75) is 25.3 Å². The number of likely N-dealkylation sites (tertiary alicyclic amines) is 1. The minimum Gasteiger partial charge on any atom is -0.481 e. The van der Waals surface area contributed by atoms with Gasteiger partial charge >= 0.3 is 5.97 Å². The third kappa shape index (κ3) is 3.93. The molecule has 1 saturated heterocycles. The molecule has 1 amide bonds. The highest BCUT2D eigenvalue weighted by Gasteiger charge is 2.28. The fourth-order valence-corrected chi connectivity index (χ4v) is 2.47. The first kappa shape index (κ1) is 14.8. The van der Waals surface area contributed by atoms with Crippen LogP contribution in [-0.4, -0.2) is 34.5 Å². The van der Waals surface area contributed by atoms with Crippen molar-refractivity contribution in [2.75, 3.05) is 6.54 Å². The monoisotopic (exact) mass is 284 g/mol. The molecule has 0 aliphatic carbocycles. The van der Waals surface area contributed by atoms with E-state index in [1.54, 1.807) is 35.2 Å². The summed E-state index contributed by atoms with van der Waals surface area (Å²) in [4.78, 5) is 24.5. The number of rotatable bonds is 4. The number of aliphatic carboxylic acids is 1. The highest BCUT2D eigenvalue weighted by molar-refractivity contribution is 5.92. The van der Waals surface area contributed by atoms with Gasteiger partial charge in [0.05, 0.1) is 18.1 Å². The number of carboxylic acids is 1. The SMILES string of the molecule is N#Cc1ccc(C=CC(=O)N2CCCC2CC(=O)O)cc1. The third-order valence-electron chi connectivity index (χ3n) is 3.53. The third-order valence-corrected chi connectivity index (χ3v) is 3.53. The van der Waals surface area contributed by atoms with Crippen LogP contribution in [0.4, 0.5) is 0 Å². The molecule has 1 aromatic rings. The van der Waals surface area contributed by atoms with Crippen molar-refractivity contribution in [2.24, 2.45) is 0 Å². The summed E-state index contributed by atoms with van der Waals surface area (Å²) in [7, 11) is 0. The van der Waals surface area contributed by atoms with Gasteiger partial charge in [-0.25, -0.2) is 0 Å². The molecule has 0 saturated carbocycles. The summed E-state index contributed by atoms with van der Waals surface area (Å²) in [5.41, 5.74) is 1.40. The second-order valence-corrected chi connectivity index (χ2v) is 4.99. The van der Waals surface area contributed by atoms with Gasteiger partial charge in [0, 0.05) is 18.7 Å². The van der Waals surface area contributed by atoms with Gasteiger partial charge in [0.1, 0.15) is 0 Å². The lowest BCUT2D eigenvalue weighted by molar-refractivity contribution is -0.139. The Bertz CT molecular complexity index is 599. The largest absolute Gasteiger partial charge is 0.481 e. The highest BCUT2D eigenvalue weighted by Crippen LogP contribution is 2.20. The van der Waals surface area contributed by atoms with E-state index in [1.807, 2.05) is 6.07 Å². The van der Waals surface area contributed by atoms with Gasteiger partial charge in [-0.3, -0.25) is 9.59 Å². The number of amides is 1.